The molecule has 1 saturated heterocycles. The minimum Gasteiger partial charge on any atom is -0.420 e. The van der Waals surface area contributed by atoms with E-state index in [1.807, 2.05) is 39.8 Å². The zero-order valence-electron chi connectivity index (χ0n) is 17.7. The Labute approximate surface area is 181 Å². The summed E-state index contributed by atoms with van der Waals surface area (Å²) in [6.07, 6.45) is 3.18. The number of nitrogens with zero attached hydrogens (tertiary/aromatic N) is 4. The lowest BCUT2D eigenvalue weighted by Crippen LogP contribution is -2.40. The molecular formula is C25H26N4O2. The molecule has 0 unspecified atom stereocenters. The summed E-state index contributed by atoms with van der Waals surface area (Å²) in [6, 6.07) is 20.7. The number of hydrogen-bond acceptors (Lipinski definition) is 4. The number of amides is 1. The highest BCUT2D eigenvalue weighted by Gasteiger charge is 2.25. The normalized spacial score (nSPS) is 14.9. The van der Waals surface area contributed by atoms with Gasteiger partial charge >= 0.3 is 0 Å². The standard InChI is InChI=1S/C25H26N4O2/c1-18-26-27-25(31-18)23-16-21-9-5-6-10-22(21)29(23)17-24(30)28-13-11-20(12-14-28)15-19-7-3-2-4-8-19/h2-10,16,20H,11-15,17H2,1H3. The summed E-state index contributed by atoms with van der Waals surface area (Å²) in [5, 5.41) is 9.20. The Balaban J connectivity index is 1.31. The molecule has 0 saturated carbocycles. The highest BCUT2D eigenvalue weighted by Crippen LogP contribution is 2.28. The molecule has 0 bridgehead atoms. The number of rotatable bonds is 5. The molecule has 2 aromatic carbocycles. The predicted octanol–water partition coefficient (Wildman–Crippen LogP) is 4.48. The molecule has 1 aliphatic rings. The van der Waals surface area contributed by atoms with Crippen molar-refractivity contribution in [2.24, 2.45) is 5.92 Å². The molecule has 0 radical (unpaired) electrons. The van der Waals surface area contributed by atoms with Crippen LogP contribution in [0.5, 0.6) is 0 Å². The summed E-state index contributed by atoms with van der Waals surface area (Å²) in [5.74, 6) is 1.73. The van der Waals surface area contributed by atoms with Crippen LogP contribution in [0.4, 0.5) is 0 Å². The third-order valence-corrected chi connectivity index (χ3v) is 6.18. The zero-order valence-corrected chi connectivity index (χ0v) is 17.7. The van der Waals surface area contributed by atoms with Crippen LogP contribution in [-0.4, -0.2) is 38.7 Å². The molecule has 6 heteroatoms. The largest absolute Gasteiger partial charge is 0.420 e. The van der Waals surface area contributed by atoms with Crippen LogP contribution in [0, 0.1) is 12.8 Å². The van der Waals surface area contributed by atoms with E-state index >= 15 is 0 Å². The Kier molecular flexibility index (Phi) is 5.28. The second-order valence-corrected chi connectivity index (χ2v) is 8.31. The number of piperidine rings is 1. The molecule has 0 atom stereocenters. The molecule has 1 amide bonds. The summed E-state index contributed by atoms with van der Waals surface area (Å²) < 4.78 is 7.67. The van der Waals surface area contributed by atoms with Crippen LogP contribution in [0.2, 0.25) is 0 Å². The van der Waals surface area contributed by atoms with Gasteiger partial charge in [0, 0.05) is 30.9 Å². The Morgan fingerprint density at radius 2 is 1.77 bits per heavy atom. The second-order valence-electron chi connectivity index (χ2n) is 8.31. The highest BCUT2D eigenvalue weighted by atomic mass is 16.4. The van der Waals surface area contributed by atoms with Gasteiger partial charge in [-0.05, 0) is 42.9 Å². The zero-order chi connectivity index (χ0) is 21.2. The topological polar surface area (TPSA) is 64.2 Å². The van der Waals surface area contributed by atoms with Gasteiger partial charge in [0.15, 0.2) is 0 Å². The van der Waals surface area contributed by atoms with Crippen LogP contribution < -0.4 is 0 Å². The SMILES string of the molecule is Cc1nnc(-c2cc3ccccc3n2CC(=O)N2CCC(Cc3ccccc3)CC2)o1. The Hall–Kier alpha value is -3.41. The third-order valence-electron chi connectivity index (χ3n) is 6.18. The smallest absolute Gasteiger partial charge is 0.264 e. The van der Waals surface area contributed by atoms with Crippen molar-refractivity contribution in [2.75, 3.05) is 13.1 Å². The van der Waals surface area contributed by atoms with Gasteiger partial charge < -0.3 is 13.9 Å². The van der Waals surface area contributed by atoms with Gasteiger partial charge in [-0.15, -0.1) is 10.2 Å². The molecule has 6 nitrogen and oxygen atoms in total. The molecular weight excluding hydrogens is 388 g/mol. The van der Waals surface area contributed by atoms with Crippen LogP contribution in [-0.2, 0) is 17.8 Å². The fourth-order valence-electron chi connectivity index (χ4n) is 4.53. The van der Waals surface area contributed by atoms with E-state index in [4.69, 9.17) is 4.42 Å². The minimum absolute atomic E-state index is 0.136. The molecule has 1 fully saturated rings. The fourth-order valence-corrected chi connectivity index (χ4v) is 4.53. The quantitative estimate of drug-likeness (QED) is 0.483. The lowest BCUT2D eigenvalue weighted by molar-refractivity contribution is -0.133. The van der Waals surface area contributed by atoms with E-state index in [0.29, 0.717) is 17.7 Å². The number of fused-ring (bicyclic) bond motifs is 1. The summed E-state index contributed by atoms with van der Waals surface area (Å²) in [5.41, 5.74) is 3.17. The van der Waals surface area contributed by atoms with E-state index in [1.165, 1.54) is 5.56 Å². The van der Waals surface area contributed by atoms with E-state index in [2.05, 4.69) is 40.5 Å². The first-order valence-corrected chi connectivity index (χ1v) is 10.9. The predicted molar refractivity (Wildman–Crippen MR) is 119 cm³/mol. The van der Waals surface area contributed by atoms with Gasteiger partial charge in [0.25, 0.3) is 5.89 Å². The minimum atomic E-state index is 0.136. The maximum atomic E-state index is 13.2. The summed E-state index contributed by atoms with van der Waals surface area (Å²) in [7, 11) is 0. The first kappa shape index (κ1) is 19.5. The van der Waals surface area contributed by atoms with Gasteiger partial charge in [-0.1, -0.05) is 48.5 Å². The van der Waals surface area contributed by atoms with Crippen LogP contribution in [0.25, 0.3) is 22.5 Å². The number of aromatic nitrogens is 3. The van der Waals surface area contributed by atoms with Crippen molar-refractivity contribution >= 4 is 16.8 Å². The summed E-state index contributed by atoms with van der Waals surface area (Å²) in [4.78, 5) is 15.2. The van der Waals surface area contributed by atoms with Crippen LogP contribution >= 0.6 is 0 Å². The van der Waals surface area contributed by atoms with Crippen molar-refractivity contribution in [3.05, 3.63) is 72.1 Å². The van der Waals surface area contributed by atoms with E-state index < -0.39 is 0 Å². The van der Waals surface area contributed by atoms with E-state index in [1.54, 1.807) is 6.92 Å². The molecule has 0 spiro atoms. The average Bonchev–Trinajstić information content (AvgIpc) is 3.38. The number of hydrogen-bond donors (Lipinski definition) is 0. The second kappa shape index (κ2) is 8.38. The average molecular weight is 415 g/mol. The Morgan fingerprint density at radius 1 is 1.03 bits per heavy atom. The Morgan fingerprint density at radius 3 is 2.52 bits per heavy atom. The van der Waals surface area contributed by atoms with Crippen LogP contribution in [0.1, 0.15) is 24.3 Å². The molecule has 2 aromatic heterocycles. The molecule has 3 heterocycles. The third kappa shape index (κ3) is 4.10. The summed E-state index contributed by atoms with van der Waals surface area (Å²) in [6.45, 7) is 3.66. The van der Waals surface area contributed by atoms with Crippen molar-refractivity contribution in [3.8, 4) is 11.6 Å². The van der Waals surface area contributed by atoms with Crippen LogP contribution in [0.3, 0.4) is 0 Å². The van der Waals surface area contributed by atoms with Gasteiger partial charge in [-0.3, -0.25) is 4.79 Å². The van der Waals surface area contributed by atoms with Crippen LogP contribution in [0.15, 0.2) is 65.1 Å². The van der Waals surface area contributed by atoms with Crippen molar-refractivity contribution in [3.63, 3.8) is 0 Å². The van der Waals surface area contributed by atoms with Gasteiger partial charge in [0.1, 0.15) is 12.2 Å². The number of aryl methyl sites for hydroxylation is 1. The molecule has 0 N–H and O–H groups in total. The maximum absolute atomic E-state index is 13.2. The van der Waals surface area contributed by atoms with Gasteiger partial charge in [0.05, 0.1) is 0 Å². The fraction of sp³-hybridized carbons (Fsp3) is 0.320. The summed E-state index contributed by atoms with van der Waals surface area (Å²) >= 11 is 0. The highest BCUT2D eigenvalue weighted by molar-refractivity contribution is 5.88. The number of para-hydroxylation sites is 1. The first-order chi connectivity index (χ1) is 15.2. The van der Waals surface area contributed by atoms with Gasteiger partial charge in [-0.2, -0.15) is 0 Å². The first-order valence-electron chi connectivity index (χ1n) is 10.9. The molecule has 158 valence electrons. The number of carbonyl (C=O) groups excluding carboxylic acids is 1. The monoisotopic (exact) mass is 414 g/mol. The van der Waals surface area contributed by atoms with Crippen molar-refractivity contribution < 1.29 is 9.21 Å². The molecule has 4 aromatic rings. The van der Waals surface area contributed by atoms with Gasteiger partial charge in [0.2, 0.25) is 11.8 Å². The maximum Gasteiger partial charge on any atom is 0.264 e. The Bertz CT molecular complexity index is 1190. The van der Waals surface area contributed by atoms with Crippen molar-refractivity contribution in [1.82, 2.24) is 19.7 Å². The number of likely N-dealkylation sites (tertiary alicyclic amines) is 1. The molecule has 31 heavy (non-hydrogen) atoms. The van der Waals surface area contributed by atoms with E-state index in [9.17, 15) is 4.79 Å². The molecule has 5 rings (SSSR count). The number of benzene rings is 2. The molecule has 1 aliphatic heterocycles. The van der Waals surface area contributed by atoms with Gasteiger partial charge in [-0.25, -0.2) is 0 Å². The van der Waals surface area contributed by atoms with E-state index in [0.717, 1.165) is 48.9 Å². The lowest BCUT2D eigenvalue weighted by atomic mass is 9.90. The van der Waals surface area contributed by atoms with E-state index in [-0.39, 0.29) is 12.5 Å². The lowest BCUT2D eigenvalue weighted by Gasteiger charge is -2.32. The van der Waals surface area contributed by atoms with Crippen molar-refractivity contribution in [1.29, 1.82) is 0 Å². The molecule has 0 aliphatic carbocycles. The van der Waals surface area contributed by atoms with Crippen molar-refractivity contribution in [2.45, 2.75) is 32.7 Å². The number of carbonyl (C=O) groups is 1.